The van der Waals surface area contributed by atoms with E-state index in [2.05, 4.69) is 0 Å². The summed E-state index contributed by atoms with van der Waals surface area (Å²) in [6.07, 6.45) is -1.52. The lowest BCUT2D eigenvalue weighted by molar-refractivity contribution is -0.155. The Morgan fingerprint density at radius 2 is 1.26 bits per heavy atom. The fraction of sp³-hybridized carbons (Fsp3) is 0.258. The molecule has 0 aliphatic carbocycles. The standard InChI is InChI=1S/C31H31O6PS/c32-19-28-31(36-22-26-15-8-3-9-16-26)30(35-21-25-13-6-2-7-14-25)27(23-34-20-24-11-4-1-5-12-24)37-38(28,33)29-17-10-18-39-29/h1-19,27-28,30-31H,20-23H2/t27-,28?,30-,31-,38?/m1/s1. The van der Waals surface area contributed by atoms with Crippen LogP contribution in [-0.2, 0) is 47.9 Å². The van der Waals surface area contributed by atoms with Gasteiger partial charge in [0.1, 0.15) is 30.3 Å². The van der Waals surface area contributed by atoms with E-state index in [1.165, 1.54) is 11.3 Å². The number of hydrogen-bond acceptors (Lipinski definition) is 7. The van der Waals surface area contributed by atoms with Gasteiger partial charge in [-0.2, -0.15) is 0 Å². The lowest BCUT2D eigenvalue weighted by atomic mass is 10.0. The Balaban J connectivity index is 1.45. The predicted octanol–water partition coefficient (Wildman–Crippen LogP) is 6.01. The molecule has 2 unspecified atom stereocenters. The third-order valence-corrected chi connectivity index (χ3v) is 10.9. The molecule has 0 bridgehead atoms. The molecule has 0 amide bonds. The molecule has 202 valence electrons. The van der Waals surface area contributed by atoms with Gasteiger partial charge in [0.25, 0.3) is 7.37 Å². The number of rotatable bonds is 12. The quantitative estimate of drug-likeness (QED) is 0.156. The molecule has 6 nitrogen and oxygen atoms in total. The normalized spacial score (nSPS) is 24.8. The molecule has 0 radical (unpaired) electrons. The zero-order valence-corrected chi connectivity index (χ0v) is 23.1. The highest BCUT2D eigenvalue weighted by atomic mass is 32.1. The first-order valence-corrected chi connectivity index (χ1v) is 15.4. The van der Waals surface area contributed by atoms with Gasteiger partial charge in [0.2, 0.25) is 0 Å². The van der Waals surface area contributed by atoms with Crippen LogP contribution >= 0.6 is 18.7 Å². The molecule has 2 heterocycles. The molecule has 1 aliphatic heterocycles. The predicted molar refractivity (Wildman–Crippen MR) is 152 cm³/mol. The monoisotopic (exact) mass is 562 g/mol. The van der Waals surface area contributed by atoms with E-state index < -0.39 is 31.3 Å². The maximum atomic E-state index is 14.5. The van der Waals surface area contributed by atoms with Crippen LogP contribution < -0.4 is 4.62 Å². The van der Waals surface area contributed by atoms with E-state index in [1.54, 1.807) is 6.07 Å². The molecule has 3 aromatic carbocycles. The number of benzene rings is 3. The fourth-order valence-electron chi connectivity index (χ4n) is 4.66. The van der Waals surface area contributed by atoms with Crippen LogP contribution in [0.2, 0.25) is 0 Å². The largest absolute Gasteiger partial charge is 0.374 e. The first kappa shape index (κ1) is 27.7. The van der Waals surface area contributed by atoms with Crippen LogP contribution in [0.3, 0.4) is 0 Å². The van der Waals surface area contributed by atoms with E-state index >= 15 is 0 Å². The van der Waals surface area contributed by atoms with E-state index in [-0.39, 0.29) is 19.8 Å². The average molecular weight is 563 g/mol. The van der Waals surface area contributed by atoms with Crippen molar-refractivity contribution in [2.45, 2.75) is 43.8 Å². The highest BCUT2D eigenvalue weighted by molar-refractivity contribution is 7.74. The molecule has 1 aromatic heterocycles. The van der Waals surface area contributed by atoms with Crippen molar-refractivity contribution in [1.82, 2.24) is 0 Å². The highest BCUT2D eigenvalue weighted by Crippen LogP contribution is 2.58. The maximum absolute atomic E-state index is 14.5. The third-order valence-electron chi connectivity index (χ3n) is 6.63. The lowest BCUT2D eigenvalue weighted by Crippen LogP contribution is -2.55. The SMILES string of the molecule is O=CC1[C@@H](OCc2ccccc2)[C@H](OCc2ccccc2)[C@@H](COCc2ccccc2)OP1(=O)c1cccs1. The molecule has 5 rings (SSSR count). The second kappa shape index (κ2) is 13.4. The summed E-state index contributed by atoms with van der Waals surface area (Å²) < 4.78 is 40.3. The van der Waals surface area contributed by atoms with Crippen molar-refractivity contribution in [3.8, 4) is 0 Å². The van der Waals surface area contributed by atoms with E-state index in [1.807, 2.05) is 102 Å². The second-order valence-corrected chi connectivity index (χ2v) is 13.1. The molecule has 1 saturated heterocycles. The number of aldehydes is 1. The molecule has 0 spiro atoms. The van der Waals surface area contributed by atoms with Crippen LogP contribution in [-0.4, -0.2) is 36.9 Å². The summed E-state index contributed by atoms with van der Waals surface area (Å²) in [5, 5.41) is 1.83. The number of carbonyl (C=O) groups excluding carboxylic acids is 1. The molecule has 0 N–H and O–H groups in total. The highest BCUT2D eigenvalue weighted by Gasteiger charge is 2.55. The molecule has 4 aromatic rings. The minimum absolute atomic E-state index is 0.125. The van der Waals surface area contributed by atoms with Crippen molar-refractivity contribution in [2.75, 3.05) is 6.61 Å². The van der Waals surface area contributed by atoms with Crippen molar-refractivity contribution in [3.05, 3.63) is 125 Å². The van der Waals surface area contributed by atoms with Crippen molar-refractivity contribution in [2.24, 2.45) is 0 Å². The van der Waals surface area contributed by atoms with E-state index in [4.69, 9.17) is 18.7 Å². The number of thiophene rings is 1. The maximum Gasteiger partial charge on any atom is 0.254 e. The van der Waals surface area contributed by atoms with Crippen LogP contribution in [0, 0.1) is 0 Å². The van der Waals surface area contributed by atoms with Gasteiger partial charge in [0, 0.05) is 0 Å². The minimum atomic E-state index is -3.64. The third kappa shape index (κ3) is 6.82. The van der Waals surface area contributed by atoms with Gasteiger partial charge in [-0.15, -0.1) is 11.3 Å². The molecule has 5 atom stereocenters. The van der Waals surface area contributed by atoms with Crippen molar-refractivity contribution >= 4 is 29.6 Å². The Morgan fingerprint density at radius 3 is 1.77 bits per heavy atom. The average Bonchev–Trinajstić information content (AvgIpc) is 3.53. The van der Waals surface area contributed by atoms with Gasteiger partial charge in [-0.3, -0.25) is 4.57 Å². The summed E-state index contributed by atoms with van der Waals surface area (Å²) >= 11 is 1.31. The first-order chi connectivity index (χ1) is 19.2. The lowest BCUT2D eigenvalue weighted by Gasteiger charge is -2.44. The van der Waals surface area contributed by atoms with Gasteiger partial charge in [-0.25, -0.2) is 0 Å². The van der Waals surface area contributed by atoms with Gasteiger partial charge in [0.15, 0.2) is 0 Å². The van der Waals surface area contributed by atoms with Crippen LogP contribution in [0.25, 0.3) is 0 Å². The zero-order chi connectivity index (χ0) is 26.9. The van der Waals surface area contributed by atoms with E-state index in [9.17, 15) is 9.36 Å². The number of carbonyl (C=O) groups is 1. The summed E-state index contributed by atoms with van der Waals surface area (Å²) in [6, 6.07) is 32.9. The Morgan fingerprint density at radius 1 is 0.718 bits per heavy atom. The smallest absolute Gasteiger partial charge is 0.254 e. The first-order valence-electron chi connectivity index (χ1n) is 12.9. The second-order valence-electron chi connectivity index (χ2n) is 9.34. The Labute approximate surface area is 233 Å². The molecular formula is C31H31O6PS. The van der Waals surface area contributed by atoms with E-state index in [0.717, 1.165) is 16.7 Å². The minimum Gasteiger partial charge on any atom is -0.374 e. The van der Waals surface area contributed by atoms with Gasteiger partial charge in [0.05, 0.1) is 31.0 Å². The van der Waals surface area contributed by atoms with Crippen molar-refractivity contribution in [1.29, 1.82) is 0 Å². The summed E-state index contributed by atoms with van der Waals surface area (Å²) in [4.78, 5) is 12.6. The van der Waals surface area contributed by atoms with Crippen LogP contribution in [0.5, 0.6) is 0 Å². The Bertz CT molecular complexity index is 1330. The Hall–Kier alpha value is -2.90. The van der Waals surface area contributed by atoms with Gasteiger partial charge >= 0.3 is 0 Å². The molecule has 8 heteroatoms. The summed E-state index contributed by atoms with van der Waals surface area (Å²) in [6.45, 7) is 1.01. The van der Waals surface area contributed by atoms with Crippen LogP contribution in [0.1, 0.15) is 16.7 Å². The molecule has 1 fully saturated rings. The molecular weight excluding hydrogens is 531 g/mol. The number of ether oxygens (including phenoxy) is 3. The Kier molecular flexibility index (Phi) is 9.53. The summed E-state index contributed by atoms with van der Waals surface area (Å²) in [5.74, 6) is 0. The summed E-state index contributed by atoms with van der Waals surface area (Å²) in [5.41, 5.74) is 1.90. The molecule has 39 heavy (non-hydrogen) atoms. The van der Waals surface area contributed by atoms with Gasteiger partial charge in [-0.1, -0.05) is 97.1 Å². The van der Waals surface area contributed by atoms with Crippen LogP contribution in [0.15, 0.2) is 109 Å². The van der Waals surface area contributed by atoms with Crippen molar-refractivity contribution < 1.29 is 28.1 Å². The van der Waals surface area contributed by atoms with Crippen molar-refractivity contribution in [3.63, 3.8) is 0 Å². The molecule has 1 aliphatic rings. The zero-order valence-electron chi connectivity index (χ0n) is 21.4. The topological polar surface area (TPSA) is 71.1 Å². The van der Waals surface area contributed by atoms with Gasteiger partial charge in [-0.05, 0) is 28.1 Å². The summed E-state index contributed by atoms with van der Waals surface area (Å²) in [7, 11) is -3.64. The van der Waals surface area contributed by atoms with Gasteiger partial charge < -0.3 is 23.5 Å². The van der Waals surface area contributed by atoms with Crippen LogP contribution in [0.4, 0.5) is 0 Å². The fourth-order valence-corrected chi connectivity index (χ4v) is 8.59. The molecule has 0 saturated carbocycles. The van der Waals surface area contributed by atoms with E-state index in [0.29, 0.717) is 17.5 Å². The number of hydrogen-bond donors (Lipinski definition) is 0.